The summed E-state index contributed by atoms with van der Waals surface area (Å²) in [7, 11) is 0. The predicted molar refractivity (Wildman–Crippen MR) is 135 cm³/mol. The van der Waals surface area contributed by atoms with E-state index < -0.39 is 11.9 Å². The van der Waals surface area contributed by atoms with Gasteiger partial charge in [0.2, 0.25) is 5.88 Å². The lowest BCUT2D eigenvalue weighted by Gasteiger charge is -2.28. The van der Waals surface area contributed by atoms with Crippen LogP contribution in [-0.2, 0) is 11.3 Å². The summed E-state index contributed by atoms with van der Waals surface area (Å²) in [5.41, 5.74) is 2.07. The molecule has 4 aromatic rings. The molecule has 1 aliphatic heterocycles. The van der Waals surface area contributed by atoms with Gasteiger partial charge in [-0.2, -0.15) is 5.26 Å². The van der Waals surface area contributed by atoms with Crippen LogP contribution in [0, 0.1) is 11.3 Å². The standard InChI is InChI=1S/C26H20N4O7S/c27-12-19-18(23-20(25(31)32)13-28-37-23)11-21(15-1-3-16(4-2-15)30-7-9-35-10-8-30)29-24(19)36-14-17-5-6-22(38-17)26(33)34/h1-6,11,13H,7-10,14H2,(H,31,32)(H,33,34). The molecule has 0 radical (unpaired) electrons. The molecule has 11 nitrogen and oxygen atoms in total. The van der Waals surface area contributed by atoms with E-state index in [1.165, 1.54) is 6.07 Å². The number of ether oxygens (including phenoxy) is 2. The highest BCUT2D eigenvalue weighted by atomic mass is 32.1. The normalized spacial score (nSPS) is 13.2. The monoisotopic (exact) mass is 532 g/mol. The topological polar surface area (TPSA) is 159 Å². The Bertz CT molecular complexity index is 1530. The third-order valence-corrected chi connectivity index (χ3v) is 6.95. The molecule has 4 heterocycles. The molecule has 192 valence electrons. The number of pyridine rings is 1. The molecule has 12 heteroatoms. The molecule has 5 rings (SSSR count). The van der Waals surface area contributed by atoms with Crippen molar-refractivity contribution >= 4 is 29.0 Å². The number of anilines is 1. The first kappa shape index (κ1) is 24.9. The minimum atomic E-state index is -1.26. The minimum absolute atomic E-state index is 0.0343. The number of aromatic nitrogens is 2. The van der Waals surface area contributed by atoms with Crippen LogP contribution in [0.15, 0.2) is 53.2 Å². The summed E-state index contributed by atoms with van der Waals surface area (Å²) in [5.74, 6) is -2.46. The van der Waals surface area contributed by atoms with Crippen LogP contribution in [0.2, 0.25) is 0 Å². The highest BCUT2D eigenvalue weighted by Gasteiger charge is 2.25. The van der Waals surface area contributed by atoms with E-state index in [-0.39, 0.29) is 39.8 Å². The predicted octanol–water partition coefficient (Wildman–Crippen LogP) is 4.15. The van der Waals surface area contributed by atoms with Gasteiger partial charge in [-0.1, -0.05) is 17.3 Å². The first-order valence-electron chi connectivity index (χ1n) is 11.5. The molecule has 0 unspecified atom stereocenters. The molecule has 1 fully saturated rings. The molecule has 0 atom stereocenters. The molecule has 0 spiro atoms. The van der Waals surface area contributed by atoms with E-state index in [2.05, 4.69) is 15.0 Å². The van der Waals surface area contributed by atoms with E-state index >= 15 is 0 Å². The number of nitrogens with zero attached hydrogens (tertiary/aromatic N) is 4. The number of carboxylic acids is 2. The molecule has 1 saturated heterocycles. The zero-order chi connectivity index (χ0) is 26.6. The lowest BCUT2D eigenvalue weighted by atomic mass is 10.0. The minimum Gasteiger partial charge on any atom is -0.477 e. The van der Waals surface area contributed by atoms with Gasteiger partial charge >= 0.3 is 11.9 Å². The first-order chi connectivity index (χ1) is 18.4. The van der Waals surface area contributed by atoms with Crippen molar-refractivity contribution in [3.05, 3.63) is 69.5 Å². The Hall–Kier alpha value is -4.73. The fraction of sp³-hybridized carbons (Fsp3) is 0.192. The molecule has 0 aliphatic carbocycles. The quantitative estimate of drug-likeness (QED) is 0.336. The molecule has 2 N–H and O–H groups in total. The van der Waals surface area contributed by atoms with Crippen LogP contribution in [0.3, 0.4) is 0 Å². The molecular weight excluding hydrogens is 512 g/mol. The molecule has 0 saturated carbocycles. The first-order valence-corrected chi connectivity index (χ1v) is 12.3. The van der Waals surface area contributed by atoms with Crippen LogP contribution >= 0.6 is 11.3 Å². The van der Waals surface area contributed by atoms with Crippen LogP contribution in [0.4, 0.5) is 5.69 Å². The summed E-state index contributed by atoms with van der Waals surface area (Å²) in [5, 5.41) is 32.4. The van der Waals surface area contributed by atoms with Crippen molar-refractivity contribution in [2.75, 3.05) is 31.2 Å². The number of benzene rings is 1. The fourth-order valence-corrected chi connectivity index (χ4v) is 4.78. The van der Waals surface area contributed by atoms with Crippen LogP contribution < -0.4 is 9.64 Å². The average molecular weight is 533 g/mol. The summed E-state index contributed by atoms with van der Waals surface area (Å²) in [4.78, 5) is 30.5. The van der Waals surface area contributed by atoms with Gasteiger partial charge in [0.05, 0.1) is 25.1 Å². The summed E-state index contributed by atoms with van der Waals surface area (Å²) >= 11 is 1.04. The average Bonchev–Trinajstić information content (AvgIpc) is 3.62. The molecule has 1 aromatic carbocycles. The highest BCUT2D eigenvalue weighted by Crippen LogP contribution is 2.36. The maximum Gasteiger partial charge on any atom is 0.345 e. The number of hydrogen-bond acceptors (Lipinski definition) is 10. The van der Waals surface area contributed by atoms with Gasteiger partial charge in [-0.15, -0.1) is 11.3 Å². The largest absolute Gasteiger partial charge is 0.477 e. The van der Waals surface area contributed by atoms with Crippen LogP contribution in [0.25, 0.3) is 22.6 Å². The van der Waals surface area contributed by atoms with Gasteiger partial charge in [0.1, 0.15) is 28.7 Å². The fourth-order valence-electron chi connectivity index (χ4n) is 4.02. The van der Waals surface area contributed by atoms with E-state index in [0.29, 0.717) is 29.3 Å². The Kier molecular flexibility index (Phi) is 7.03. The number of nitriles is 1. The number of carboxylic acid groups (broad SMARTS) is 2. The molecule has 0 bridgehead atoms. The molecule has 1 aliphatic rings. The Balaban J connectivity index is 1.55. The Morgan fingerprint density at radius 3 is 2.53 bits per heavy atom. The Morgan fingerprint density at radius 2 is 1.87 bits per heavy atom. The maximum absolute atomic E-state index is 11.8. The van der Waals surface area contributed by atoms with Crippen molar-refractivity contribution in [2.24, 2.45) is 0 Å². The molecule has 38 heavy (non-hydrogen) atoms. The number of morpholine rings is 1. The van der Waals surface area contributed by atoms with E-state index in [1.807, 2.05) is 30.3 Å². The highest BCUT2D eigenvalue weighted by molar-refractivity contribution is 7.13. The van der Waals surface area contributed by atoms with Gasteiger partial charge in [-0.25, -0.2) is 14.6 Å². The third-order valence-electron chi connectivity index (χ3n) is 5.91. The van der Waals surface area contributed by atoms with E-state index in [0.717, 1.165) is 36.3 Å². The lowest BCUT2D eigenvalue weighted by molar-refractivity contribution is 0.0688. The number of hydrogen-bond donors (Lipinski definition) is 2. The van der Waals surface area contributed by atoms with Crippen molar-refractivity contribution in [1.29, 1.82) is 5.26 Å². The van der Waals surface area contributed by atoms with Crippen molar-refractivity contribution in [3.63, 3.8) is 0 Å². The van der Waals surface area contributed by atoms with Crippen molar-refractivity contribution in [3.8, 4) is 34.5 Å². The Labute approximate surface area is 220 Å². The van der Waals surface area contributed by atoms with Gasteiger partial charge in [0.15, 0.2) is 5.76 Å². The lowest BCUT2D eigenvalue weighted by Crippen LogP contribution is -2.36. The molecule has 3 aromatic heterocycles. The molecule has 0 amide bonds. The summed E-state index contributed by atoms with van der Waals surface area (Å²) in [6.45, 7) is 2.84. The number of rotatable bonds is 8. The van der Waals surface area contributed by atoms with Crippen LogP contribution in [-0.4, -0.2) is 58.6 Å². The number of thiophene rings is 1. The Morgan fingerprint density at radius 1 is 1.11 bits per heavy atom. The SMILES string of the molecule is N#Cc1c(-c2oncc2C(=O)O)cc(-c2ccc(N3CCOCC3)cc2)nc1OCc1ccc(C(=O)O)s1. The summed E-state index contributed by atoms with van der Waals surface area (Å²) < 4.78 is 16.5. The van der Waals surface area contributed by atoms with Crippen molar-refractivity contribution in [1.82, 2.24) is 10.1 Å². The maximum atomic E-state index is 11.8. The second-order valence-corrected chi connectivity index (χ2v) is 9.40. The van der Waals surface area contributed by atoms with Crippen molar-refractivity contribution in [2.45, 2.75) is 6.61 Å². The van der Waals surface area contributed by atoms with Gasteiger partial charge in [0, 0.05) is 34.8 Å². The summed E-state index contributed by atoms with van der Waals surface area (Å²) in [6.07, 6.45) is 1.07. The second-order valence-electron chi connectivity index (χ2n) is 8.23. The van der Waals surface area contributed by atoms with Gasteiger partial charge in [-0.05, 0) is 30.3 Å². The van der Waals surface area contributed by atoms with Gasteiger partial charge in [-0.3, -0.25) is 0 Å². The zero-order valence-corrected chi connectivity index (χ0v) is 20.6. The summed E-state index contributed by atoms with van der Waals surface area (Å²) in [6, 6.07) is 14.4. The van der Waals surface area contributed by atoms with Crippen molar-refractivity contribution < 1.29 is 33.8 Å². The van der Waals surface area contributed by atoms with Crippen LogP contribution in [0.5, 0.6) is 5.88 Å². The number of aromatic carboxylic acids is 2. The van der Waals surface area contributed by atoms with Crippen LogP contribution in [0.1, 0.15) is 30.5 Å². The smallest absolute Gasteiger partial charge is 0.345 e. The van der Waals surface area contributed by atoms with Gasteiger partial charge in [0.25, 0.3) is 0 Å². The van der Waals surface area contributed by atoms with Gasteiger partial charge < -0.3 is 29.1 Å². The zero-order valence-electron chi connectivity index (χ0n) is 19.8. The third kappa shape index (κ3) is 5.06. The second kappa shape index (κ2) is 10.7. The van der Waals surface area contributed by atoms with E-state index in [1.54, 1.807) is 12.1 Å². The molecular formula is C26H20N4O7S. The van der Waals surface area contributed by atoms with E-state index in [9.17, 15) is 25.1 Å². The number of carbonyl (C=O) groups is 2. The van der Waals surface area contributed by atoms with E-state index in [4.69, 9.17) is 14.0 Å².